The molecule has 1 aromatic carbocycles. The normalized spacial score (nSPS) is 14.6. The molecule has 0 unspecified atom stereocenters. The smallest absolute Gasteiger partial charge is 0.318 e. The van der Waals surface area contributed by atoms with Crippen LogP contribution in [0.2, 0.25) is 0 Å². The molecular formula is C18H17N5O2. The average Bonchev–Trinajstić information content (AvgIpc) is 3.19. The second-order valence-corrected chi connectivity index (χ2v) is 5.77. The van der Waals surface area contributed by atoms with Crippen molar-refractivity contribution < 1.29 is 9.21 Å². The monoisotopic (exact) mass is 335 g/mol. The molecule has 1 fully saturated rings. The average molecular weight is 335 g/mol. The molecule has 7 heteroatoms. The van der Waals surface area contributed by atoms with Gasteiger partial charge in [0.15, 0.2) is 0 Å². The van der Waals surface area contributed by atoms with Gasteiger partial charge in [-0.3, -0.25) is 9.78 Å². The third-order valence-electron chi connectivity index (χ3n) is 4.20. The number of hydrogen-bond acceptors (Lipinski definition) is 6. The summed E-state index contributed by atoms with van der Waals surface area (Å²) >= 11 is 0. The Morgan fingerprint density at radius 3 is 2.36 bits per heavy atom. The number of piperazine rings is 1. The standard InChI is InChI=1S/C18H17N5O2/c24-17(15-6-8-19-9-7-15)22-10-12-23(13-11-22)18-21-20-16(25-18)14-4-2-1-3-5-14/h1-9H,10-13H2. The van der Waals surface area contributed by atoms with Crippen LogP contribution in [0.15, 0.2) is 59.3 Å². The first-order valence-electron chi connectivity index (χ1n) is 8.14. The Bertz CT molecular complexity index is 842. The number of rotatable bonds is 3. The van der Waals surface area contributed by atoms with Crippen molar-refractivity contribution in [1.29, 1.82) is 0 Å². The fourth-order valence-corrected chi connectivity index (χ4v) is 2.82. The second-order valence-electron chi connectivity index (χ2n) is 5.77. The summed E-state index contributed by atoms with van der Waals surface area (Å²) in [7, 11) is 0. The molecule has 0 saturated carbocycles. The molecule has 1 aliphatic heterocycles. The third kappa shape index (κ3) is 3.21. The maximum Gasteiger partial charge on any atom is 0.318 e. The fraction of sp³-hybridized carbons (Fsp3) is 0.222. The first-order chi connectivity index (χ1) is 12.3. The Labute approximate surface area is 144 Å². The van der Waals surface area contributed by atoms with Crippen molar-refractivity contribution in [3.63, 3.8) is 0 Å². The Hall–Kier alpha value is -3.22. The fourth-order valence-electron chi connectivity index (χ4n) is 2.82. The third-order valence-corrected chi connectivity index (χ3v) is 4.20. The Morgan fingerprint density at radius 2 is 1.64 bits per heavy atom. The zero-order chi connectivity index (χ0) is 17.1. The maximum atomic E-state index is 12.5. The molecule has 0 radical (unpaired) electrons. The summed E-state index contributed by atoms with van der Waals surface area (Å²) in [6.07, 6.45) is 3.26. The molecule has 3 aromatic rings. The van der Waals surface area contributed by atoms with Crippen LogP contribution in [0.25, 0.3) is 11.5 Å². The zero-order valence-corrected chi connectivity index (χ0v) is 13.6. The molecule has 2 aromatic heterocycles. The molecule has 0 atom stereocenters. The summed E-state index contributed by atoms with van der Waals surface area (Å²) in [6.45, 7) is 2.55. The van der Waals surface area contributed by atoms with E-state index in [9.17, 15) is 4.79 Å². The molecule has 4 rings (SSSR count). The molecule has 0 spiro atoms. The first-order valence-corrected chi connectivity index (χ1v) is 8.14. The second kappa shape index (κ2) is 6.72. The van der Waals surface area contributed by atoms with Gasteiger partial charge in [0, 0.05) is 49.7 Å². The van der Waals surface area contributed by atoms with E-state index in [4.69, 9.17) is 4.42 Å². The van der Waals surface area contributed by atoms with E-state index in [-0.39, 0.29) is 5.91 Å². The lowest BCUT2D eigenvalue weighted by molar-refractivity contribution is 0.0745. The van der Waals surface area contributed by atoms with Gasteiger partial charge in [-0.2, -0.15) is 0 Å². The molecule has 126 valence electrons. The van der Waals surface area contributed by atoms with E-state index in [0.29, 0.717) is 43.6 Å². The Morgan fingerprint density at radius 1 is 0.920 bits per heavy atom. The lowest BCUT2D eigenvalue weighted by Gasteiger charge is -2.33. The minimum absolute atomic E-state index is 0.0255. The summed E-state index contributed by atoms with van der Waals surface area (Å²) in [4.78, 5) is 20.2. The maximum absolute atomic E-state index is 12.5. The van der Waals surface area contributed by atoms with Crippen LogP contribution in [-0.4, -0.2) is 52.2 Å². The van der Waals surface area contributed by atoms with Gasteiger partial charge in [0.2, 0.25) is 5.89 Å². The highest BCUT2D eigenvalue weighted by Gasteiger charge is 2.25. The van der Waals surface area contributed by atoms with E-state index >= 15 is 0 Å². The molecule has 7 nitrogen and oxygen atoms in total. The summed E-state index contributed by atoms with van der Waals surface area (Å²) in [5.74, 6) is 0.531. The highest BCUT2D eigenvalue weighted by atomic mass is 16.4. The van der Waals surface area contributed by atoms with E-state index in [1.165, 1.54) is 0 Å². The molecule has 1 aliphatic rings. The van der Waals surface area contributed by atoms with Gasteiger partial charge in [-0.05, 0) is 24.3 Å². The van der Waals surface area contributed by atoms with Crippen LogP contribution in [0, 0.1) is 0 Å². The molecule has 0 N–H and O–H groups in total. The highest BCUT2D eigenvalue weighted by Crippen LogP contribution is 2.22. The first kappa shape index (κ1) is 15.3. The lowest BCUT2D eigenvalue weighted by atomic mass is 10.2. The van der Waals surface area contributed by atoms with E-state index in [1.807, 2.05) is 40.1 Å². The van der Waals surface area contributed by atoms with Crippen LogP contribution in [-0.2, 0) is 0 Å². The van der Waals surface area contributed by atoms with Crippen molar-refractivity contribution in [3.8, 4) is 11.5 Å². The number of anilines is 1. The summed E-state index contributed by atoms with van der Waals surface area (Å²) in [5.41, 5.74) is 1.56. The molecule has 25 heavy (non-hydrogen) atoms. The van der Waals surface area contributed by atoms with Crippen molar-refractivity contribution in [2.75, 3.05) is 31.1 Å². The zero-order valence-electron chi connectivity index (χ0n) is 13.6. The van der Waals surface area contributed by atoms with Crippen molar-refractivity contribution in [2.24, 2.45) is 0 Å². The van der Waals surface area contributed by atoms with E-state index < -0.39 is 0 Å². The SMILES string of the molecule is O=C(c1ccncc1)N1CCN(c2nnc(-c3ccccc3)o2)CC1. The van der Waals surface area contributed by atoms with Crippen LogP contribution >= 0.6 is 0 Å². The van der Waals surface area contributed by atoms with Gasteiger partial charge in [-0.15, -0.1) is 5.10 Å². The van der Waals surface area contributed by atoms with Gasteiger partial charge < -0.3 is 14.2 Å². The summed E-state index contributed by atoms with van der Waals surface area (Å²) in [6, 6.07) is 13.6. The predicted molar refractivity (Wildman–Crippen MR) is 92.1 cm³/mol. The predicted octanol–water partition coefficient (Wildman–Crippen LogP) is 2.09. The van der Waals surface area contributed by atoms with Crippen LogP contribution in [0.1, 0.15) is 10.4 Å². The number of aromatic nitrogens is 3. The van der Waals surface area contributed by atoms with Gasteiger partial charge in [-0.1, -0.05) is 23.3 Å². The minimum atomic E-state index is 0.0255. The summed E-state index contributed by atoms with van der Waals surface area (Å²) < 4.78 is 5.78. The van der Waals surface area contributed by atoms with Gasteiger partial charge in [-0.25, -0.2) is 0 Å². The molecule has 3 heterocycles. The molecule has 1 saturated heterocycles. The minimum Gasteiger partial charge on any atom is -0.403 e. The van der Waals surface area contributed by atoms with Gasteiger partial charge in [0.05, 0.1) is 0 Å². The van der Waals surface area contributed by atoms with Crippen molar-refractivity contribution >= 4 is 11.9 Å². The quantitative estimate of drug-likeness (QED) is 0.729. The van der Waals surface area contributed by atoms with Crippen molar-refractivity contribution in [3.05, 3.63) is 60.4 Å². The molecular weight excluding hydrogens is 318 g/mol. The molecule has 1 amide bonds. The molecule has 0 aliphatic carbocycles. The van der Waals surface area contributed by atoms with Crippen LogP contribution in [0.4, 0.5) is 6.01 Å². The number of pyridine rings is 1. The van der Waals surface area contributed by atoms with Gasteiger partial charge in [0.1, 0.15) is 0 Å². The Kier molecular flexibility index (Phi) is 4.12. The summed E-state index contributed by atoms with van der Waals surface area (Å²) in [5, 5.41) is 8.26. The van der Waals surface area contributed by atoms with E-state index in [0.717, 1.165) is 5.56 Å². The number of hydrogen-bond donors (Lipinski definition) is 0. The van der Waals surface area contributed by atoms with Crippen molar-refractivity contribution in [1.82, 2.24) is 20.1 Å². The Balaban J connectivity index is 1.41. The highest BCUT2D eigenvalue weighted by molar-refractivity contribution is 5.94. The van der Waals surface area contributed by atoms with Crippen molar-refractivity contribution in [2.45, 2.75) is 0 Å². The number of carbonyl (C=O) groups excluding carboxylic acids is 1. The van der Waals surface area contributed by atoms with Crippen LogP contribution < -0.4 is 4.90 Å². The largest absolute Gasteiger partial charge is 0.403 e. The van der Waals surface area contributed by atoms with E-state index in [2.05, 4.69) is 15.2 Å². The number of nitrogens with zero attached hydrogens (tertiary/aromatic N) is 5. The lowest BCUT2D eigenvalue weighted by Crippen LogP contribution is -2.48. The van der Waals surface area contributed by atoms with Crippen LogP contribution in [0.5, 0.6) is 0 Å². The van der Waals surface area contributed by atoms with E-state index in [1.54, 1.807) is 24.5 Å². The molecule has 0 bridgehead atoms. The number of amides is 1. The topological polar surface area (TPSA) is 75.4 Å². The number of benzene rings is 1. The number of carbonyl (C=O) groups is 1. The van der Waals surface area contributed by atoms with Gasteiger partial charge in [0.25, 0.3) is 5.91 Å². The van der Waals surface area contributed by atoms with Gasteiger partial charge >= 0.3 is 6.01 Å². The van der Waals surface area contributed by atoms with Crippen LogP contribution in [0.3, 0.4) is 0 Å².